The second-order valence-corrected chi connectivity index (χ2v) is 12.7. The number of pyridine rings is 1. The van der Waals surface area contributed by atoms with Crippen LogP contribution in [0.4, 0.5) is 15.9 Å². The van der Waals surface area contributed by atoms with Crippen molar-refractivity contribution in [2.75, 3.05) is 42.3 Å². The molecule has 4 aromatic rings. The van der Waals surface area contributed by atoms with Gasteiger partial charge in [0.25, 0.3) is 0 Å². The lowest BCUT2D eigenvalue weighted by Crippen LogP contribution is -2.64. The molecule has 10 heteroatoms. The summed E-state index contributed by atoms with van der Waals surface area (Å²) in [6.45, 7) is 2.95. The molecule has 3 aromatic carbocycles. The second kappa shape index (κ2) is 10.4. The molecule has 0 spiro atoms. The van der Waals surface area contributed by atoms with Crippen LogP contribution >= 0.6 is 11.6 Å². The molecule has 6 rings (SSSR count). The zero-order valence-electron chi connectivity index (χ0n) is 21.2. The lowest BCUT2D eigenvalue weighted by atomic mass is 9.96. The van der Waals surface area contributed by atoms with Gasteiger partial charge < -0.3 is 20.3 Å². The van der Waals surface area contributed by atoms with Crippen LogP contribution in [0.2, 0.25) is 5.02 Å². The van der Waals surface area contributed by atoms with E-state index in [0.717, 1.165) is 23.1 Å². The summed E-state index contributed by atoms with van der Waals surface area (Å²) in [6.07, 6.45) is 0. The second-order valence-electron chi connectivity index (χ2n) is 10.1. The summed E-state index contributed by atoms with van der Waals surface area (Å²) in [5, 5.41) is 8.69. The van der Waals surface area contributed by atoms with Gasteiger partial charge >= 0.3 is 0 Å². The molecule has 0 amide bonds. The molecule has 0 saturated carbocycles. The fourth-order valence-electron chi connectivity index (χ4n) is 5.05. The van der Waals surface area contributed by atoms with Gasteiger partial charge in [-0.05, 0) is 47.5 Å². The maximum atomic E-state index is 14.1. The highest BCUT2D eigenvalue weighted by Gasteiger charge is 2.38. The van der Waals surface area contributed by atoms with Crippen LogP contribution in [0.25, 0.3) is 10.9 Å². The first-order chi connectivity index (χ1) is 18.8. The average Bonchev–Trinajstić information content (AvgIpc) is 3.03. The molecule has 39 heavy (non-hydrogen) atoms. The monoisotopic (exact) mass is 566 g/mol. The largest absolute Gasteiger partial charge is 0.382 e. The van der Waals surface area contributed by atoms with Crippen molar-refractivity contribution in [3.05, 3.63) is 94.8 Å². The molecule has 0 radical (unpaired) electrons. The average molecular weight is 567 g/mol. The van der Waals surface area contributed by atoms with E-state index in [1.54, 1.807) is 6.07 Å². The number of benzene rings is 3. The van der Waals surface area contributed by atoms with Gasteiger partial charge in [0.1, 0.15) is 11.6 Å². The summed E-state index contributed by atoms with van der Waals surface area (Å²) in [4.78, 5) is 6.90. The van der Waals surface area contributed by atoms with Crippen LogP contribution in [-0.4, -0.2) is 51.0 Å². The van der Waals surface area contributed by atoms with Crippen molar-refractivity contribution in [2.24, 2.45) is 0 Å². The molecule has 3 heterocycles. The number of anilines is 2. The van der Waals surface area contributed by atoms with Crippen molar-refractivity contribution in [2.45, 2.75) is 23.5 Å². The summed E-state index contributed by atoms with van der Waals surface area (Å²) < 4.78 is 45.5. The van der Waals surface area contributed by atoms with Crippen LogP contribution in [0.5, 0.6) is 0 Å². The number of ether oxygens (including phenoxy) is 1. The third-order valence-corrected chi connectivity index (χ3v) is 9.34. The van der Waals surface area contributed by atoms with Gasteiger partial charge in [-0.3, -0.25) is 0 Å². The van der Waals surface area contributed by atoms with E-state index < -0.39 is 15.7 Å². The number of fused-ring (bicyclic) bond motifs is 2. The summed E-state index contributed by atoms with van der Waals surface area (Å²) in [7, 11) is -3.54. The Morgan fingerprint density at radius 2 is 1.87 bits per heavy atom. The Hall–Kier alpha value is -3.24. The molecule has 0 unspecified atom stereocenters. The molecule has 1 saturated heterocycles. The first-order valence-corrected chi connectivity index (χ1v) is 14.8. The highest BCUT2D eigenvalue weighted by Crippen LogP contribution is 2.33. The normalized spacial score (nSPS) is 17.7. The summed E-state index contributed by atoms with van der Waals surface area (Å²) >= 11 is 6.35. The summed E-state index contributed by atoms with van der Waals surface area (Å²) in [5.41, 5.74) is 2.94. The zero-order chi connectivity index (χ0) is 27.0. The van der Waals surface area contributed by atoms with Crippen molar-refractivity contribution in [3.8, 4) is 0 Å². The molecule has 0 aliphatic carbocycles. The first-order valence-electron chi connectivity index (χ1n) is 12.8. The van der Waals surface area contributed by atoms with E-state index >= 15 is 0 Å². The number of hydrogen-bond acceptors (Lipinski definition) is 7. The molecular weight excluding hydrogens is 539 g/mol. The minimum Gasteiger partial charge on any atom is -0.382 e. The maximum Gasteiger partial charge on any atom is 0.180 e. The smallest absolute Gasteiger partial charge is 0.180 e. The van der Waals surface area contributed by atoms with E-state index in [2.05, 4.69) is 22.8 Å². The number of halogens is 2. The van der Waals surface area contributed by atoms with Crippen LogP contribution in [0.3, 0.4) is 0 Å². The Balaban J connectivity index is 1.30. The number of aromatic nitrogens is 1. The Bertz CT molecular complexity index is 1630. The first kappa shape index (κ1) is 26.0. The van der Waals surface area contributed by atoms with Crippen LogP contribution in [0.15, 0.2) is 77.7 Å². The van der Waals surface area contributed by atoms with Gasteiger partial charge in [0, 0.05) is 48.3 Å². The Kier molecular flexibility index (Phi) is 6.93. The van der Waals surface area contributed by atoms with Crippen LogP contribution in [-0.2, 0) is 27.7 Å². The van der Waals surface area contributed by atoms with Gasteiger partial charge in [0.2, 0.25) is 0 Å². The van der Waals surface area contributed by atoms with Crippen molar-refractivity contribution in [1.29, 1.82) is 0 Å². The van der Waals surface area contributed by atoms with Crippen molar-refractivity contribution in [3.63, 3.8) is 0 Å². The molecule has 2 N–H and O–H groups in total. The van der Waals surface area contributed by atoms with Gasteiger partial charge in [-0.25, -0.2) is 17.8 Å². The fourth-order valence-corrected chi connectivity index (χ4v) is 6.70. The van der Waals surface area contributed by atoms with E-state index in [9.17, 15) is 12.8 Å². The maximum absolute atomic E-state index is 14.1. The van der Waals surface area contributed by atoms with Gasteiger partial charge in [0.15, 0.2) is 9.84 Å². The summed E-state index contributed by atoms with van der Waals surface area (Å²) in [5.74, 6) is 0.0551. The standard InChI is InChI=1S/C29H28ClFN4O3S/c30-22-6-8-25-24(13-22)26(32-17-29(18-38-19-29)33-15-20-4-2-1-3-5-20)14-28(34-25)35-10-11-39(36,37)27-9-7-23(31)12-21(27)16-35/h1-9,12-14,33H,10-11,15-19H2,(H,32,34). The molecule has 2 aliphatic heterocycles. The Morgan fingerprint density at radius 3 is 2.64 bits per heavy atom. The van der Waals surface area contributed by atoms with Crippen LogP contribution in [0, 0.1) is 5.82 Å². The third-order valence-electron chi connectivity index (χ3n) is 7.31. The van der Waals surface area contributed by atoms with Gasteiger partial charge in [0.05, 0.1) is 34.9 Å². The highest BCUT2D eigenvalue weighted by atomic mass is 35.5. The quantitative estimate of drug-likeness (QED) is 0.311. The number of sulfone groups is 1. The molecular formula is C29H28ClFN4O3S. The zero-order valence-corrected chi connectivity index (χ0v) is 22.7. The van der Waals surface area contributed by atoms with Gasteiger partial charge in [-0.2, -0.15) is 0 Å². The van der Waals surface area contributed by atoms with Crippen molar-refractivity contribution < 1.29 is 17.5 Å². The predicted octanol–water partition coefficient (Wildman–Crippen LogP) is 4.79. The van der Waals surface area contributed by atoms with Crippen molar-refractivity contribution >= 4 is 43.8 Å². The van der Waals surface area contributed by atoms with Gasteiger partial charge in [-0.1, -0.05) is 41.9 Å². The van der Waals surface area contributed by atoms with Crippen molar-refractivity contribution in [1.82, 2.24) is 10.3 Å². The van der Waals surface area contributed by atoms with Crippen LogP contribution < -0.4 is 15.5 Å². The molecule has 202 valence electrons. The molecule has 1 fully saturated rings. The Morgan fingerprint density at radius 1 is 1.05 bits per heavy atom. The molecule has 2 aliphatic rings. The van der Waals surface area contributed by atoms with E-state index in [1.165, 1.54) is 23.8 Å². The predicted molar refractivity (Wildman–Crippen MR) is 152 cm³/mol. The minimum absolute atomic E-state index is 0.0847. The van der Waals surface area contributed by atoms with E-state index in [4.69, 9.17) is 21.3 Å². The fraction of sp³-hybridized carbons (Fsp3) is 0.276. The van der Waals surface area contributed by atoms with Gasteiger partial charge in [-0.15, -0.1) is 0 Å². The molecule has 0 atom stereocenters. The van der Waals surface area contributed by atoms with E-state index in [1.807, 2.05) is 41.3 Å². The molecule has 7 nitrogen and oxygen atoms in total. The number of rotatable bonds is 7. The SMILES string of the molecule is O=S1(=O)CCN(c2cc(NCC3(NCc4ccccc4)COC3)c3cc(Cl)ccc3n2)Cc2cc(F)ccc21. The summed E-state index contributed by atoms with van der Waals surface area (Å²) in [6, 6.07) is 21.5. The highest BCUT2D eigenvalue weighted by molar-refractivity contribution is 7.91. The van der Waals surface area contributed by atoms with E-state index in [0.29, 0.717) is 36.2 Å². The van der Waals surface area contributed by atoms with E-state index in [-0.39, 0.29) is 29.3 Å². The number of hydrogen-bond donors (Lipinski definition) is 2. The third kappa shape index (κ3) is 5.45. The van der Waals surface area contributed by atoms with Crippen LogP contribution in [0.1, 0.15) is 11.1 Å². The molecule has 0 bridgehead atoms. The topological polar surface area (TPSA) is 83.6 Å². The Labute approximate surface area is 231 Å². The molecule has 1 aromatic heterocycles. The number of nitrogens with zero attached hydrogens (tertiary/aromatic N) is 2. The lowest BCUT2D eigenvalue weighted by Gasteiger charge is -2.42. The number of nitrogens with one attached hydrogen (secondary N) is 2. The lowest BCUT2D eigenvalue weighted by molar-refractivity contribution is -0.0678. The minimum atomic E-state index is -3.54.